The van der Waals surface area contributed by atoms with Crippen LogP contribution < -0.4 is 9.46 Å². The van der Waals surface area contributed by atoms with Crippen LogP contribution >= 0.6 is 0 Å². The van der Waals surface area contributed by atoms with Crippen LogP contribution in [0.5, 0.6) is 5.75 Å². The van der Waals surface area contributed by atoms with Crippen molar-refractivity contribution >= 4 is 10.0 Å². The first kappa shape index (κ1) is 20.8. The van der Waals surface area contributed by atoms with Gasteiger partial charge < -0.3 is 9.47 Å². The Morgan fingerprint density at radius 1 is 1.07 bits per heavy atom. The lowest BCUT2D eigenvalue weighted by molar-refractivity contribution is 0.0172. The third kappa shape index (κ3) is 6.04. The lowest BCUT2D eigenvalue weighted by Crippen LogP contribution is -2.44. The number of hydrogen-bond donors (Lipinski definition) is 1. The second-order valence-corrected chi connectivity index (χ2v) is 8.77. The molecule has 1 atom stereocenters. The monoisotopic (exact) mass is 404 g/mol. The van der Waals surface area contributed by atoms with Gasteiger partial charge in [-0.1, -0.05) is 42.5 Å². The normalized spacial score (nSPS) is 16.6. The Balaban J connectivity index is 1.66. The maximum atomic E-state index is 12.5. The molecule has 2 aromatic rings. The van der Waals surface area contributed by atoms with Gasteiger partial charge >= 0.3 is 0 Å². The van der Waals surface area contributed by atoms with E-state index in [-0.39, 0.29) is 11.8 Å². The lowest BCUT2D eigenvalue weighted by atomic mass is 10.0. The molecular weight excluding hydrogens is 376 g/mol. The summed E-state index contributed by atoms with van der Waals surface area (Å²) in [5.74, 6) is 0.864. The summed E-state index contributed by atoms with van der Waals surface area (Å²) in [6, 6.07) is 17.4. The molecule has 1 aliphatic rings. The average molecular weight is 405 g/mol. The highest BCUT2D eigenvalue weighted by molar-refractivity contribution is 7.89. The number of sulfonamides is 1. The van der Waals surface area contributed by atoms with Gasteiger partial charge in [0.25, 0.3) is 0 Å². The molecule has 3 rings (SSSR count). The van der Waals surface area contributed by atoms with Gasteiger partial charge in [0.2, 0.25) is 10.0 Å². The fraction of sp³-hybridized carbons (Fsp3) is 0.429. The molecule has 1 heterocycles. The Labute approximate surface area is 167 Å². The molecule has 0 saturated carbocycles. The highest BCUT2D eigenvalue weighted by atomic mass is 32.2. The van der Waals surface area contributed by atoms with Gasteiger partial charge in [0.1, 0.15) is 5.75 Å². The Bertz CT molecular complexity index is 819. The molecule has 2 aromatic carbocycles. The van der Waals surface area contributed by atoms with Crippen LogP contribution in [0.1, 0.15) is 17.2 Å². The number of benzene rings is 2. The highest BCUT2D eigenvalue weighted by Crippen LogP contribution is 2.24. The van der Waals surface area contributed by atoms with Crippen LogP contribution in [0.15, 0.2) is 54.6 Å². The fourth-order valence-electron chi connectivity index (χ4n) is 3.35. The van der Waals surface area contributed by atoms with Crippen LogP contribution in [0.25, 0.3) is 0 Å². The molecule has 1 fully saturated rings. The van der Waals surface area contributed by atoms with Crippen LogP contribution in [0.3, 0.4) is 0 Å². The Morgan fingerprint density at radius 2 is 1.75 bits per heavy atom. The second-order valence-electron chi connectivity index (χ2n) is 6.84. The number of nitrogens with one attached hydrogen (secondary N) is 1. The first-order valence-electron chi connectivity index (χ1n) is 9.54. The molecule has 0 radical (unpaired) electrons. The molecule has 1 saturated heterocycles. The minimum atomic E-state index is -3.37. The largest absolute Gasteiger partial charge is 0.497 e. The third-order valence-corrected chi connectivity index (χ3v) is 6.33. The van der Waals surface area contributed by atoms with Gasteiger partial charge in [-0.3, -0.25) is 4.90 Å². The average Bonchev–Trinajstić information content (AvgIpc) is 2.74. The molecule has 1 N–H and O–H groups in total. The zero-order valence-electron chi connectivity index (χ0n) is 16.2. The number of methoxy groups -OCH3 is 1. The summed E-state index contributed by atoms with van der Waals surface area (Å²) in [6.07, 6.45) is 0.501. The molecular formula is C21H28N2O4S. The molecule has 6 nitrogen and oxygen atoms in total. The van der Waals surface area contributed by atoms with Crippen LogP contribution in [0, 0.1) is 0 Å². The highest BCUT2D eigenvalue weighted by Gasteiger charge is 2.24. The van der Waals surface area contributed by atoms with Gasteiger partial charge in [0.05, 0.1) is 26.1 Å². The number of rotatable bonds is 9. The molecule has 152 valence electrons. The van der Waals surface area contributed by atoms with Gasteiger partial charge in [-0.05, 0) is 29.7 Å². The summed E-state index contributed by atoms with van der Waals surface area (Å²) in [7, 11) is -1.73. The van der Waals surface area contributed by atoms with Crippen molar-refractivity contribution in [3.8, 4) is 5.75 Å². The Hall–Kier alpha value is -1.93. The van der Waals surface area contributed by atoms with Crippen molar-refractivity contribution in [3.63, 3.8) is 0 Å². The number of aryl methyl sites for hydroxylation is 1. The third-order valence-electron chi connectivity index (χ3n) is 4.99. The van der Waals surface area contributed by atoms with E-state index in [1.54, 1.807) is 7.11 Å². The summed E-state index contributed by atoms with van der Waals surface area (Å²) in [5.41, 5.74) is 2.08. The Kier molecular flexibility index (Phi) is 7.44. The molecule has 0 bridgehead atoms. The molecule has 0 aromatic heterocycles. The van der Waals surface area contributed by atoms with Crippen molar-refractivity contribution in [2.45, 2.75) is 12.5 Å². The summed E-state index contributed by atoms with van der Waals surface area (Å²) in [5, 5.41) is 0. The summed E-state index contributed by atoms with van der Waals surface area (Å²) >= 11 is 0. The standard InChI is InChI=1S/C21H28N2O4S/c1-26-20-9-7-19(8-10-20)21(23-12-14-27-15-13-23)17-22-28(24,25)16-11-18-5-3-2-4-6-18/h2-10,21-22H,11-17H2,1H3/t21-/m1/s1. The van der Waals surface area contributed by atoms with Crippen molar-refractivity contribution in [3.05, 3.63) is 65.7 Å². The number of ether oxygens (including phenoxy) is 2. The molecule has 0 spiro atoms. The minimum absolute atomic E-state index is 0.0405. The van der Waals surface area contributed by atoms with Crippen molar-refractivity contribution in [1.82, 2.24) is 9.62 Å². The van der Waals surface area contributed by atoms with Crippen molar-refractivity contribution in [2.24, 2.45) is 0 Å². The van der Waals surface area contributed by atoms with E-state index in [0.29, 0.717) is 26.2 Å². The van der Waals surface area contributed by atoms with Crippen LogP contribution in [-0.4, -0.2) is 59.0 Å². The van der Waals surface area contributed by atoms with Gasteiger partial charge in [-0.2, -0.15) is 0 Å². The Morgan fingerprint density at radius 3 is 2.39 bits per heavy atom. The summed E-state index contributed by atoms with van der Waals surface area (Å²) in [4.78, 5) is 2.27. The van der Waals surface area contributed by atoms with E-state index < -0.39 is 10.0 Å². The van der Waals surface area contributed by atoms with Crippen LogP contribution in [0.2, 0.25) is 0 Å². The van der Waals surface area contributed by atoms with E-state index in [0.717, 1.165) is 30.0 Å². The fourth-order valence-corrected chi connectivity index (χ4v) is 4.41. The maximum Gasteiger partial charge on any atom is 0.211 e. The first-order chi connectivity index (χ1) is 13.6. The van der Waals surface area contributed by atoms with Gasteiger partial charge in [-0.15, -0.1) is 0 Å². The maximum absolute atomic E-state index is 12.5. The van der Waals surface area contributed by atoms with Crippen molar-refractivity contribution < 1.29 is 17.9 Å². The lowest BCUT2D eigenvalue weighted by Gasteiger charge is -2.35. The molecule has 7 heteroatoms. The van der Waals surface area contributed by atoms with Gasteiger partial charge in [0, 0.05) is 25.7 Å². The van der Waals surface area contributed by atoms with E-state index in [1.807, 2.05) is 54.6 Å². The second kappa shape index (κ2) is 10.0. The molecule has 0 unspecified atom stereocenters. The molecule has 28 heavy (non-hydrogen) atoms. The van der Waals surface area contributed by atoms with Crippen LogP contribution in [-0.2, 0) is 21.2 Å². The van der Waals surface area contributed by atoms with Crippen molar-refractivity contribution in [2.75, 3.05) is 45.7 Å². The van der Waals surface area contributed by atoms with Crippen LogP contribution in [0.4, 0.5) is 0 Å². The number of morpholine rings is 1. The van der Waals surface area contributed by atoms with Gasteiger partial charge in [0.15, 0.2) is 0 Å². The topological polar surface area (TPSA) is 67.9 Å². The molecule has 0 amide bonds. The smallest absolute Gasteiger partial charge is 0.211 e. The predicted octanol–water partition coefficient (Wildman–Crippen LogP) is 2.23. The summed E-state index contributed by atoms with van der Waals surface area (Å²) < 4.78 is 38.6. The predicted molar refractivity (Wildman–Crippen MR) is 110 cm³/mol. The van der Waals surface area contributed by atoms with E-state index >= 15 is 0 Å². The van der Waals surface area contributed by atoms with Crippen molar-refractivity contribution in [1.29, 1.82) is 0 Å². The number of hydrogen-bond acceptors (Lipinski definition) is 5. The first-order valence-corrected chi connectivity index (χ1v) is 11.2. The SMILES string of the molecule is COc1ccc([C@@H](CNS(=O)(=O)CCc2ccccc2)N2CCOCC2)cc1. The van der Waals surface area contributed by atoms with E-state index in [1.165, 1.54) is 0 Å². The zero-order valence-corrected chi connectivity index (χ0v) is 17.0. The zero-order chi connectivity index (χ0) is 19.8. The quantitative estimate of drug-likeness (QED) is 0.694. The van der Waals surface area contributed by atoms with Gasteiger partial charge in [-0.25, -0.2) is 13.1 Å². The molecule has 1 aliphatic heterocycles. The number of nitrogens with zero attached hydrogens (tertiary/aromatic N) is 1. The van der Waals surface area contributed by atoms with E-state index in [9.17, 15) is 8.42 Å². The molecule has 0 aliphatic carbocycles. The van der Waals surface area contributed by atoms with E-state index in [2.05, 4.69) is 9.62 Å². The van der Waals surface area contributed by atoms with E-state index in [4.69, 9.17) is 9.47 Å². The minimum Gasteiger partial charge on any atom is -0.497 e. The summed E-state index contributed by atoms with van der Waals surface area (Å²) in [6.45, 7) is 3.22.